The van der Waals surface area contributed by atoms with Gasteiger partial charge in [0, 0.05) is 0 Å². The van der Waals surface area contributed by atoms with E-state index in [-0.39, 0.29) is 0 Å². The van der Waals surface area contributed by atoms with Crippen LogP contribution < -0.4 is 0 Å². The summed E-state index contributed by atoms with van der Waals surface area (Å²) in [4.78, 5) is 0. The third kappa shape index (κ3) is 2.44. The van der Waals surface area contributed by atoms with Crippen molar-refractivity contribution in [1.29, 1.82) is 0 Å². The molecule has 1 atom stereocenters. The molecule has 0 heterocycles. The van der Waals surface area contributed by atoms with Crippen molar-refractivity contribution >= 4 is 24.1 Å². The Bertz CT molecular complexity index is 199. The van der Waals surface area contributed by atoms with Gasteiger partial charge in [0.2, 0.25) is 0 Å². The molecule has 0 N–H and O–H groups in total. The fraction of sp³-hybridized carbons (Fsp3) is 1.00. The average molecular weight is 307 g/mol. The second kappa shape index (κ2) is 4.44. The first-order valence-electron chi connectivity index (χ1n) is 6.37. The van der Waals surface area contributed by atoms with Crippen molar-refractivity contribution in [2.24, 2.45) is 0 Å². The summed E-state index contributed by atoms with van der Waals surface area (Å²) >= 11 is 2.96. The molecule has 0 bridgehead atoms. The van der Waals surface area contributed by atoms with E-state index in [1.54, 1.807) is 0 Å². The van der Waals surface area contributed by atoms with Crippen LogP contribution in [0, 0.1) is 0 Å². The van der Waals surface area contributed by atoms with Gasteiger partial charge in [0.25, 0.3) is 0 Å². The normalized spacial score (nSPS) is 17.4. The van der Waals surface area contributed by atoms with Gasteiger partial charge in [-0.15, -0.1) is 0 Å². The molecule has 0 nitrogen and oxygen atoms in total. The summed E-state index contributed by atoms with van der Waals surface area (Å²) in [6.07, 6.45) is 0. The van der Waals surface area contributed by atoms with Gasteiger partial charge in [0.1, 0.15) is 0 Å². The molecule has 0 aromatic heterocycles. The van der Waals surface area contributed by atoms with E-state index in [2.05, 4.69) is 85.3 Å². The van der Waals surface area contributed by atoms with Crippen molar-refractivity contribution in [2.75, 3.05) is 0 Å². The molecular formula is C14H32SeSi. The van der Waals surface area contributed by atoms with Crippen molar-refractivity contribution in [3.63, 3.8) is 0 Å². The van der Waals surface area contributed by atoms with Gasteiger partial charge in [-0.2, -0.15) is 0 Å². The molecule has 0 aromatic rings. The summed E-state index contributed by atoms with van der Waals surface area (Å²) < 4.78 is 0.750. The Kier molecular flexibility index (Phi) is 4.65. The maximum absolute atomic E-state index is 2.96. The minimum absolute atomic E-state index is 0.427. The van der Waals surface area contributed by atoms with E-state index in [9.17, 15) is 0 Å². The topological polar surface area (TPSA) is 0 Å². The molecule has 1 unspecified atom stereocenters. The second-order valence-electron chi connectivity index (χ2n) is 8.23. The van der Waals surface area contributed by atoms with Crippen LogP contribution in [0.25, 0.3) is 0 Å². The van der Waals surface area contributed by atoms with Crippen molar-refractivity contribution in [3.8, 4) is 0 Å². The van der Waals surface area contributed by atoms with Crippen LogP contribution in [0.1, 0.15) is 69.2 Å². The van der Waals surface area contributed by atoms with Crippen LogP contribution in [0.2, 0.25) is 19.6 Å². The standard InChI is InChI=1S/C14H32SeSi/c1-11(15)16(12(2,3)4,13(5,6)7)14(8,9)10/h11,15H,1-10H3. The Hall–Kier alpha value is 0.736. The van der Waals surface area contributed by atoms with Crippen LogP contribution in [-0.4, -0.2) is 24.1 Å². The van der Waals surface area contributed by atoms with Gasteiger partial charge in [0.05, 0.1) is 0 Å². The van der Waals surface area contributed by atoms with E-state index in [0.717, 1.165) is 4.44 Å². The summed E-state index contributed by atoms with van der Waals surface area (Å²) in [5, 5.41) is 1.28. The minimum atomic E-state index is -1.51. The third-order valence-electron chi connectivity index (χ3n) is 4.18. The molecule has 0 saturated heterocycles. The molecule has 0 spiro atoms. The Morgan fingerprint density at radius 3 is 0.875 bits per heavy atom. The summed E-state index contributed by atoms with van der Waals surface area (Å²) in [6.45, 7) is 24.5. The Balaban J connectivity index is 6.05. The zero-order valence-corrected chi connectivity index (χ0v) is 15.9. The first-order chi connectivity index (χ1) is 6.69. The van der Waals surface area contributed by atoms with E-state index in [1.165, 1.54) is 0 Å². The SMILES string of the molecule is CC([SeH])[Si](C(C)(C)C)(C(C)(C)C)C(C)(C)C. The fourth-order valence-corrected chi connectivity index (χ4v) is 23.1. The summed E-state index contributed by atoms with van der Waals surface area (Å²) in [5.41, 5.74) is 0. The molecule has 16 heavy (non-hydrogen) atoms. The van der Waals surface area contributed by atoms with Gasteiger partial charge in [-0.1, -0.05) is 0 Å². The van der Waals surface area contributed by atoms with Gasteiger partial charge in [-0.25, -0.2) is 0 Å². The molecule has 0 aliphatic rings. The molecular weight excluding hydrogens is 275 g/mol. The van der Waals surface area contributed by atoms with Gasteiger partial charge in [-0.3, -0.25) is 0 Å². The Morgan fingerprint density at radius 2 is 0.875 bits per heavy atom. The molecule has 0 amide bonds. The molecule has 0 fully saturated rings. The molecule has 0 aliphatic carbocycles. The number of rotatable bonds is 1. The van der Waals surface area contributed by atoms with Gasteiger partial charge in [0.15, 0.2) is 0 Å². The number of hydrogen-bond acceptors (Lipinski definition) is 0. The zero-order chi connectivity index (χ0) is 13.6. The van der Waals surface area contributed by atoms with Crippen LogP contribution in [0.3, 0.4) is 0 Å². The Morgan fingerprint density at radius 1 is 0.688 bits per heavy atom. The fourth-order valence-electron chi connectivity index (χ4n) is 5.25. The van der Waals surface area contributed by atoms with Crippen molar-refractivity contribution < 1.29 is 0 Å². The van der Waals surface area contributed by atoms with E-state index in [1.807, 2.05) is 0 Å². The number of hydrogen-bond donors (Lipinski definition) is 0. The first-order valence-corrected chi connectivity index (χ1v) is 9.54. The van der Waals surface area contributed by atoms with Crippen LogP contribution >= 0.6 is 0 Å². The molecule has 0 saturated carbocycles. The molecule has 0 aliphatic heterocycles. The van der Waals surface area contributed by atoms with Crippen LogP contribution in [0.5, 0.6) is 0 Å². The van der Waals surface area contributed by atoms with E-state index < -0.39 is 8.07 Å². The van der Waals surface area contributed by atoms with Gasteiger partial charge < -0.3 is 0 Å². The van der Waals surface area contributed by atoms with Crippen molar-refractivity contribution in [3.05, 3.63) is 0 Å². The summed E-state index contributed by atoms with van der Waals surface area (Å²) in [6, 6.07) is 0. The first kappa shape index (κ1) is 16.7. The average Bonchev–Trinajstić information content (AvgIpc) is 1.71. The maximum atomic E-state index is 2.96. The molecule has 0 aromatic carbocycles. The molecule has 98 valence electrons. The van der Waals surface area contributed by atoms with Crippen molar-refractivity contribution in [2.45, 2.75) is 88.8 Å². The second-order valence-corrected chi connectivity index (χ2v) is 17.9. The van der Waals surface area contributed by atoms with Gasteiger partial charge in [-0.05, 0) is 0 Å². The van der Waals surface area contributed by atoms with E-state index >= 15 is 0 Å². The van der Waals surface area contributed by atoms with Crippen LogP contribution in [-0.2, 0) is 0 Å². The predicted octanol–water partition coefficient (Wildman–Crippen LogP) is 5.08. The molecule has 2 heteroatoms. The molecule has 0 rings (SSSR count). The quantitative estimate of drug-likeness (QED) is 0.592. The van der Waals surface area contributed by atoms with E-state index in [0.29, 0.717) is 15.1 Å². The van der Waals surface area contributed by atoms with E-state index in [4.69, 9.17) is 0 Å². The zero-order valence-electron chi connectivity index (χ0n) is 13.0. The molecule has 0 radical (unpaired) electrons. The Labute approximate surface area is 113 Å². The van der Waals surface area contributed by atoms with Crippen molar-refractivity contribution in [1.82, 2.24) is 0 Å². The van der Waals surface area contributed by atoms with Crippen LogP contribution in [0.4, 0.5) is 0 Å². The summed E-state index contributed by atoms with van der Waals surface area (Å²) in [7, 11) is -1.51. The summed E-state index contributed by atoms with van der Waals surface area (Å²) in [5.74, 6) is 0. The predicted molar refractivity (Wildman–Crippen MR) is 81.5 cm³/mol. The van der Waals surface area contributed by atoms with Gasteiger partial charge >= 0.3 is 113 Å². The van der Waals surface area contributed by atoms with Crippen LogP contribution in [0.15, 0.2) is 0 Å². The third-order valence-corrected chi connectivity index (χ3v) is 15.0. The monoisotopic (exact) mass is 308 g/mol.